The van der Waals surface area contributed by atoms with E-state index in [2.05, 4.69) is 0 Å². The molecule has 0 aromatic heterocycles. The van der Waals surface area contributed by atoms with Crippen LogP contribution in [0.4, 0.5) is 0 Å². The van der Waals surface area contributed by atoms with E-state index in [1.165, 1.54) is 0 Å². The van der Waals surface area contributed by atoms with Crippen molar-refractivity contribution >= 4 is 11.8 Å². The Labute approximate surface area is 77.1 Å². The van der Waals surface area contributed by atoms with Gasteiger partial charge in [-0.3, -0.25) is 0 Å². The van der Waals surface area contributed by atoms with Gasteiger partial charge in [-0.2, -0.15) is 0 Å². The lowest BCUT2D eigenvalue weighted by molar-refractivity contribution is 0.279. The van der Waals surface area contributed by atoms with Crippen LogP contribution in [0.2, 0.25) is 0 Å². The van der Waals surface area contributed by atoms with Crippen LogP contribution in [-0.4, -0.2) is 5.11 Å². The van der Waals surface area contributed by atoms with E-state index in [1.54, 1.807) is 11.8 Å². The van der Waals surface area contributed by atoms with Crippen LogP contribution < -0.4 is 0 Å². The summed E-state index contributed by atoms with van der Waals surface area (Å²) >= 11 is 1.63. The van der Waals surface area contributed by atoms with Gasteiger partial charge < -0.3 is 5.11 Å². The molecule has 0 saturated carbocycles. The van der Waals surface area contributed by atoms with Crippen molar-refractivity contribution < 1.29 is 5.11 Å². The van der Waals surface area contributed by atoms with Crippen LogP contribution in [0.15, 0.2) is 40.6 Å². The van der Waals surface area contributed by atoms with Crippen molar-refractivity contribution in [2.75, 3.05) is 0 Å². The van der Waals surface area contributed by atoms with Gasteiger partial charge in [0.05, 0.1) is 6.61 Å². The Balaban J connectivity index is 2.81. The van der Waals surface area contributed by atoms with Crippen LogP contribution in [0.3, 0.4) is 0 Å². The molecule has 1 N–H and O–H groups in total. The molecular formula is C10H12OS. The molecule has 0 aliphatic heterocycles. The molecule has 1 rings (SSSR count). The Morgan fingerprint density at radius 2 is 2.17 bits per heavy atom. The minimum absolute atomic E-state index is 0.112. The van der Waals surface area contributed by atoms with Gasteiger partial charge in [0, 0.05) is 4.90 Å². The first-order chi connectivity index (χ1) is 5.88. The molecule has 1 aromatic rings. The first-order valence-electron chi connectivity index (χ1n) is 3.85. The third-order valence-electron chi connectivity index (χ3n) is 1.47. The van der Waals surface area contributed by atoms with E-state index >= 15 is 0 Å². The molecule has 0 fully saturated rings. The lowest BCUT2D eigenvalue weighted by Crippen LogP contribution is -1.84. The number of hydrogen-bond donors (Lipinski definition) is 1. The highest BCUT2D eigenvalue weighted by Gasteiger charge is 1.97. The third-order valence-corrected chi connectivity index (χ3v) is 2.53. The zero-order valence-electron chi connectivity index (χ0n) is 7.03. The molecule has 64 valence electrons. The van der Waals surface area contributed by atoms with Gasteiger partial charge in [0.2, 0.25) is 0 Å². The summed E-state index contributed by atoms with van der Waals surface area (Å²) in [4.78, 5) is 1.12. The van der Waals surface area contributed by atoms with Gasteiger partial charge in [-0.15, -0.1) is 0 Å². The normalized spacial score (nSPS) is 10.8. The topological polar surface area (TPSA) is 20.2 Å². The van der Waals surface area contributed by atoms with E-state index in [-0.39, 0.29) is 6.61 Å². The molecule has 12 heavy (non-hydrogen) atoms. The quantitative estimate of drug-likeness (QED) is 0.722. The minimum atomic E-state index is 0.112. The predicted molar refractivity (Wildman–Crippen MR) is 53.0 cm³/mol. The molecule has 0 unspecified atom stereocenters. The second-order valence-corrected chi connectivity index (χ2v) is 3.30. The van der Waals surface area contributed by atoms with Gasteiger partial charge in [-0.05, 0) is 24.0 Å². The lowest BCUT2D eigenvalue weighted by Gasteiger charge is -2.02. The Morgan fingerprint density at radius 3 is 2.83 bits per heavy atom. The molecule has 1 aromatic carbocycles. The van der Waals surface area contributed by atoms with Crippen LogP contribution in [0.5, 0.6) is 0 Å². The van der Waals surface area contributed by atoms with Gasteiger partial charge in [-0.25, -0.2) is 0 Å². The molecule has 0 heterocycles. The Bertz CT molecular complexity index is 268. The van der Waals surface area contributed by atoms with Crippen molar-refractivity contribution in [2.24, 2.45) is 0 Å². The Morgan fingerprint density at radius 1 is 1.42 bits per heavy atom. The number of aliphatic hydroxyl groups is 1. The first-order valence-corrected chi connectivity index (χ1v) is 4.73. The van der Waals surface area contributed by atoms with Crippen LogP contribution in [0.25, 0.3) is 0 Å². The summed E-state index contributed by atoms with van der Waals surface area (Å²) in [5.41, 5.74) is 0.987. The van der Waals surface area contributed by atoms with Crippen LogP contribution >= 0.6 is 11.8 Å². The average Bonchev–Trinajstić information content (AvgIpc) is 2.15. The van der Waals surface area contributed by atoms with E-state index in [4.69, 9.17) is 5.11 Å². The molecule has 0 bridgehead atoms. The van der Waals surface area contributed by atoms with Gasteiger partial charge in [0.1, 0.15) is 0 Å². The molecular weight excluding hydrogens is 168 g/mol. The fourth-order valence-electron chi connectivity index (χ4n) is 0.891. The number of thioether (sulfide) groups is 1. The summed E-state index contributed by atoms with van der Waals surface area (Å²) in [6.45, 7) is 2.09. The van der Waals surface area contributed by atoms with Crippen molar-refractivity contribution in [3.63, 3.8) is 0 Å². The summed E-state index contributed by atoms with van der Waals surface area (Å²) < 4.78 is 0. The molecule has 0 amide bonds. The monoisotopic (exact) mass is 180 g/mol. The van der Waals surface area contributed by atoms with E-state index in [0.29, 0.717) is 0 Å². The van der Waals surface area contributed by atoms with Crippen molar-refractivity contribution in [3.05, 3.63) is 41.3 Å². The van der Waals surface area contributed by atoms with Crippen molar-refractivity contribution in [1.29, 1.82) is 0 Å². The molecule has 0 saturated heterocycles. The first kappa shape index (κ1) is 9.36. The summed E-state index contributed by atoms with van der Waals surface area (Å²) in [5, 5.41) is 11.0. The summed E-state index contributed by atoms with van der Waals surface area (Å²) in [6, 6.07) is 7.86. The van der Waals surface area contributed by atoms with Crippen molar-refractivity contribution in [2.45, 2.75) is 18.4 Å². The maximum Gasteiger partial charge on any atom is 0.0692 e. The summed E-state index contributed by atoms with van der Waals surface area (Å²) in [6.07, 6.45) is 1.98. The molecule has 0 atom stereocenters. The van der Waals surface area contributed by atoms with Gasteiger partial charge in [0.25, 0.3) is 0 Å². The summed E-state index contributed by atoms with van der Waals surface area (Å²) in [5.74, 6) is 0. The lowest BCUT2D eigenvalue weighted by atomic mass is 10.2. The average molecular weight is 180 g/mol. The van der Waals surface area contributed by atoms with Gasteiger partial charge in [-0.1, -0.05) is 36.0 Å². The van der Waals surface area contributed by atoms with Crippen molar-refractivity contribution in [1.82, 2.24) is 0 Å². The molecule has 2 heteroatoms. The molecule has 0 aliphatic carbocycles. The van der Waals surface area contributed by atoms with Crippen LogP contribution in [0.1, 0.15) is 12.5 Å². The largest absolute Gasteiger partial charge is 0.392 e. The zero-order chi connectivity index (χ0) is 8.81. The SMILES string of the molecule is C/C=C\Sc1ccccc1CO. The number of rotatable bonds is 3. The number of benzene rings is 1. The maximum absolute atomic E-state index is 8.98. The van der Waals surface area contributed by atoms with Crippen LogP contribution in [0, 0.1) is 0 Å². The molecule has 0 spiro atoms. The third kappa shape index (κ3) is 2.40. The smallest absolute Gasteiger partial charge is 0.0692 e. The zero-order valence-corrected chi connectivity index (χ0v) is 7.84. The second kappa shape index (κ2) is 5.01. The van der Waals surface area contributed by atoms with Crippen molar-refractivity contribution in [3.8, 4) is 0 Å². The Kier molecular flexibility index (Phi) is 3.91. The van der Waals surface area contributed by atoms with Gasteiger partial charge >= 0.3 is 0 Å². The predicted octanol–water partition coefficient (Wildman–Crippen LogP) is 2.80. The maximum atomic E-state index is 8.98. The standard InChI is InChI=1S/C10H12OS/c1-2-7-12-10-6-4-3-5-9(10)8-11/h2-7,11H,8H2,1H3/b7-2-. The minimum Gasteiger partial charge on any atom is -0.392 e. The highest BCUT2D eigenvalue weighted by atomic mass is 32.2. The van der Waals surface area contributed by atoms with E-state index in [0.717, 1.165) is 10.5 Å². The van der Waals surface area contributed by atoms with E-state index in [1.807, 2.05) is 42.7 Å². The fraction of sp³-hybridized carbons (Fsp3) is 0.200. The molecule has 0 aliphatic rings. The fourth-order valence-corrected chi connectivity index (χ4v) is 1.61. The summed E-state index contributed by atoms with van der Waals surface area (Å²) in [7, 11) is 0. The van der Waals surface area contributed by atoms with E-state index < -0.39 is 0 Å². The number of allylic oxidation sites excluding steroid dienone is 1. The second-order valence-electron chi connectivity index (χ2n) is 2.35. The highest BCUT2D eigenvalue weighted by molar-refractivity contribution is 8.02. The van der Waals surface area contributed by atoms with E-state index in [9.17, 15) is 0 Å². The molecule has 0 radical (unpaired) electrons. The van der Waals surface area contributed by atoms with Crippen LogP contribution in [-0.2, 0) is 6.61 Å². The number of aliphatic hydroxyl groups excluding tert-OH is 1. The number of hydrogen-bond acceptors (Lipinski definition) is 2. The Hall–Kier alpha value is -0.730. The highest BCUT2D eigenvalue weighted by Crippen LogP contribution is 2.23. The van der Waals surface area contributed by atoms with Gasteiger partial charge in [0.15, 0.2) is 0 Å². The molecule has 1 nitrogen and oxygen atoms in total.